The third kappa shape index (κ3) is 6.05. The Morgan fingerprint density at radius 2 is 1.33 bits per heavy atom. The van der Waals surface area contributed by atoms with Crippen molar-refractivity contribution in [1.82, 2.24) is 29.7 Å². The molecule has 1 aliphatic carbocycles. The van der Waals surface area contributed by atoms with E-state index in [1.165, 1.54) is 0 Å². The van der Waals surface area contributed by atoms with Crippen LogP contribution < -0.4 is 9.47 Å². The Morgan fingerprint density at radius 1 is 0.778 bits per heavy atom. The van der Waals surface area contributed by atoms with E-state index >= 15 is 0 Å². The Kier molecular flexibility index (Phi) is 7.85. The number of likely N-dealkylation sites (tertiary alicyclic amines) is 2. The molecule has 2 amide bonds. The number of amides is 2. The van der Waals surface area contributed by atoms with E-state index in [-0.39, 0.29) is 36.2 Å². The van der Waals surface area contributed by atoms with Crippen LogP contribution in [0.25, 0.3) is 33.7 Å². The average Bonchev–Trinajstić information content (AvgIpc) is 3.92. The molecule has 5 aliphatic rings. The smallest absolute Gasteiger partial charge is 0.411 e. The number of H-pyrrole nitrogens is 2. The Hall–Kier alpha value is -5.70. The van der Waals surface area contributed by atoms with E-state index in [1.807, 2.05) is 66.1 Å². The average molecular weight is 729 g/mol. The Bertz CT molecular complexity index is 2280. The van der Waals surface area contributed by atoms with Crippen molar-refractivity contribution in [3.63, 3.8) is 0 Å². The molecular weight excluding hydrogens is 684 g/mol. The van der Waals surface area contributed by atoms with Gasteiger partial charge in [0.15, 0.2) is 0 Å². The number of rotatable bonds is 4. The molecule has 4 aromatic rings. The summed E-state index contributed by atoms with van der Waals surface area (Å²) in [4.78, 5) is 45.9. The zero-order chi connectivity index (χ0) is 37.5. The summed E-state index contributed by atoms with van der Waals surface area (Å²) in [6.07, 6.45) is 5.39. The molecule has 2 aromatic carbocycles. The van der Waals surface area contributed by atoms with E-state index in [4.69, 9.17) is 23.9 Å². The van der Waals surface area contributed by atoms with Crippen LogP contribution in [0.4, 0.5) is 9.59 Å². The molecule has 12 nitrogen and oxygen atoms in total. The summed E-state index contributed by atoms with van der Waals surface area (Å²) in [5, 5.41) is 0. The fraction of sp³-hybridized carbons (Fsp3) is 0.429. The summed E-state index contributed by atoms with van der Waals surface area (Å²) in [6, 6.07) is 11.8. The lowest BCUT2D eigenvalue weighted by atomic mass is 9.89. The highest BCUT2D eigenvalue weighted by Crippen LogP contribution is 2.46. The summed E-state index contributed by atoms with van der Waals surface area (Å²) in [7, 11) is 0. The van der Waals surface area contributed by atoms with Crippen molar-refractivity contribution in [2.24, 2.45) is 5.92 Å². The number of carbonyl (C=O) groups excluding carboxylic acids is 2. The number of nitrogens with zero attached hydrogens (tertiary/aromatic N) is 4. The molecule has 54 heavy (non-hydrogen) atoms. The number of carbonyl (C=O) groups is 2. The maximum absolute atomic E-state index is 13.2. The third-order valence-electron chi connectivity index (χ3n) is 10.6. The van der Waals surface area contributed by atoms with Gasteiger partial charge in [-0.15, -0.1) is 0 Å². The van der Waals surface area contributed by atoms with E-state index in [1.54, 1.807) is 9.80 Å². The normalized spacial score (nSPS) is 22.5. The lowest BCUT2D eigenvalue weighted by Crippen LogP contribution is -2.43. The van der Waals surface area contributed by atoms with Crippen LogP contribution in [0.1, 0.15) is 95.7 Å². The number of aromatic nitrogens is 4. The molecule has 0 radical (unpaired) electrons. The molecule has 2 aromatic heterocycles. The molecular formula is C42H44N6O6. The van der Waals surface area contributed by atoms with E-state index in [9.17, 15) is 9.59 Å². The Balaban J connectivity index is 0.925. The monoisotopic (exact) mass is 728 g/mol. The second-order valence-corrected chi connectivity index (χ2v) is 16.6. The summed E-state index contributed by atoms with van der Waals surface area (Å²) < 4.78 is 24.2. The van der Waals surface area contributed by atoms with Crippen LogP contribution in [0, 0.1) is 17.8 Å². The zero-order valence-corrected chi connectivity index (χ0v) is 31.4. The summed E-state index contributed by atoms with van der Waals surface area (Å²) in [5.41, 5.74) is 6.64. The van der Waals surface area contributed by atoms with Gasteiger partial charge in [-0.2, -0.15) is 0 Å². The van der Waals surface area contributed by atoms with Gasteiger partial charge in [0.05, 0.1) is 41.8 Å². The zero-order valence-electron chi connectivity index (χ0n) is 31.4. The van der Waals surface area contributed by atoms with Crippen molar-refractivity contribution in [1.29, 1.82) is 0 Å². The minimum atomic E-state index is -0.604. The topological polar surface area (TPSA) is 135 Å². The van der Waals surface area contributed by atoms with Gasteiger partial charge >= 0.3 is 12.2 Å². The Labute approximate surface area is 314 Å². The molecule has 278 valence electrons. The van der Waals surface area contributed by atoms with E-state index in [2.05, 4.69) is 51.1 Å². The highest BCUT2D eigenvalue weighted by atomic mass is 16.6. The van der Waals surface area contributed by atoms with E-state index in [0.29, 0.717) is 25.6 Å². The van der Waals surface area contributed by atoms with Crippen LogP contribution in [0.3, 0.4) is 0 Å². The predicted octanol–water partition coefficient (Wildman–Crippen LogP) is 7.92. The standard InChI is InChI=1S/C42H44N6O6/c1-41(2,3)53-39(49)47-15-7-8-33(47)37-43-19-30(45-37)23-9-12-26-28-22-52-36-18-24(10-13-27(36)29(28)21-51-35(26)17-23)31-20-44-38(46-31)34-16-25-11-14-32(25)48(34)40(50)54-42(4,5)6/h9-10,12-13,17-20,25,32-34H,7-8,15-16,21-22H2,1-6H3,(H,43,45)(H,44,46)/t25-,32-,33+,34+/m1/s1. The fourth-order valence-corrected chi connectivity index (χ4v) is 8.04. The molecule has 2 saturated heterocycles. The molecule has 4 aliphatic heterocycles. The maximum Gasteiger partial charge on any atom is 0.411 e. The number of hydrogen-bond acceptors (Lipinski definition) is 8. The number of aromatic amines is 2. The first-order valence-corrected chi connectivity index (χ1v) is 18.7. The van der Waals surface area contributed by atoms with Gasteiger partial charge in [-0.05, 0) is 72.9 Å². The molecule has 0 unspecified atom stereocenters. The van der Waals surface area contributed by atoms with Crippen LogP contribution in [-0.2, 0) is 9.47 Å². The van der Waals surface area contributed by atoms with Crippen molar-refractivity contribution in [2.75, 3.05) is 19.8 Å². The predicted molar refractivity (Wildman–Crippen MR) is 201 cm³/mol. The number of imidazole rings is 2. The van der Waals surface area contributed by atoms with Crippen LogP contribution in [0.15, 0.2) is 48.8 Å². The van der Waals surface area contributed by atoms with E-state index < -0.39 is 11.2 Å². The lowest BCUT2D eigenvalue weighted by Gasteiger charge is -2.31. The molecule has 0 bridgehead atoms. The van der Waals surface area contributed by atoms with E-state index in [0.717, 1.165) is 81.4 Å². The molecule has 9 rings (SSSR count). The van der Waals surface area contributed by atoms with Gasteiger partial charge in [-0.1, -0.05) is 36.1 Å². The molecule has 4 atom stereocenters. The van der Waals surface area contributed by atoms with Gasteiger partial charge in [0, 0.05) is 39.9 Å². The summed E-state index contributed by atoms with van der Waals surface area (Å²) in [5.74, 6) is 9.50. The van der Waals surface area contributed by atoms with Gasteiger partial charge in [0.25, 0.3) is 0 Å². The molecule has 2 fully saturated rings. The van der Waals surface area contributed by atoms with Crippen LogP contribution in [-0.4, -0.2) is 78.9 Å². The number of hydrogen-bond donors (Lipinski definition) is 2. The van der Waals surface area contributed by atoms with Crippen molar-refractivity contribution in [3.8, 4) is 45.9 Å². The highest BCUT2D eigenvalue weighted by molar-refractivity contribution is 5.98. The number of fused-ring (bicyclic) bond motifs is 5. The summed E-state index contributed by atoms with van der Waals surface area (Å²) in [6.45, 7) is 12.7. The van der Waals surface area contributed by atoms with Crippen molar-refractivity contribution < 1.29 is 28.5 Å². The molecule has 2 N–H and O–H groups in total. The van der Waals surface area contributed by atoms with Crippen molar-refractivity contribution in [2.45, 2.75) is 90.1 Å². The van der Waals surface area contributed by atoms with Crippen LogP contribution in [0.2, 0.25) is 0 Å². The number of benzene rings is 2. The van der Waals surface area contributed by atoms with Crippen molar-refractivity contribution >= 4 is 23.3 Å². The second-order valence-electron chi connectivity index (χ2n) is 16.6. The van der Waals surface area contributed by atoms with Gasteiger partial charge in [-0.3, -0.25) is 9.80 Å². The van der Waals surface area contributed by atoms with Gasteiger partial charge < -0.3 is 28.9 Å². The van der Waals surface area contributed by atoms with Crippen molar-refractivity contribution in [3.05, 3.63) is 71.6 Å². The molecule has 0 spiro atoms. The first-order valence-electron chi connectivity index (χ1n) is 18.7. The first kappa shape index (κ1) is 34.1. The Morgan fingerprint density at radius 3 is 1.87 bits per heavy atom. The minimum Gasteiger partial charge on any atom is -0.488 e. The van der Waals surface area contributed by atoms with Gasteiger partial charge in [-0.25, -0.2) is 19.6 Å². The van der Waals surface area contributed by atoms with Gasteiger partial charge in [0.2, 0.25) is 0 Å². The van der Waals surface area contributed by atoms with Crippen LogP contribution >= 0.6 is 0 Å². The first-order chi connectivity index (χ1) is 25.8. The number of ether oxygens (including phenoxy) is 4. The largest absolute Gasteiger partial charge is 0.488 e. The quantitative estimate of drug-likeness (QED) is 0.203. The van der Waals surface area contributed by atoms with Gasteiger partial charge in [0.1, 0.15) is 53.6 Å². The highest BCUT2D eigenvalue weighted by Gasteiger charge is 2.49. The second kappa shape index (κ2) is 12.4. The summed E-state index contributed by atoms with van der Waals surface area (Å²) >= 11 is 0. The third-order valence-corrected chi connectivity index (χ3v) is 10.6. The molecule has 12 heteroatoms. The SMILES string of the molecule is CC(C)(C)OC(=O)N1CCC[C@H]1c1ncc(-c2ccc3c(c2)OCC2=C3COc3cc(-c4cnc([C@@H]5C[C@H]6C#C[C@H]6N5C(=O)OC(C)(C)C)[nH]4)ccc32)[nH]1. The fourth-order valence-electron chi connectivity index (χ4n) is 8.04. The molecule has 0 saturated carbocycles. The minimum absolute atomic E-state index is 0.128. The van der Waals surface area contributed by atoms with Crippen LogP contribution in [0.5, 0.6) is 11.5 Å². The molecule has 6 heterocycles. The lowest BCUT2D eigenvalue weighted by molar-refractivity contribution is 0.0166. The number of nitrogens with one attached hydrogen (secondary N) is 2. The maximum atomic E-state index is 13.2.